The van der Waals surface area contributed by atoms with Crippen molar-refractivity contribution in [3.8, 4) is 17.2 Å². The summed E-state index contributed by atoms with van der Waals surface area (Å²) < 4.78 is 12.9. The summed E-state index contributed by atoms with van der Waals surface area (Å²) in [6.07, 6.45) is -0.735. The lowest BCUT2D eigenvalue weighted by atomic mass is 10.2. The minimum Gasteiger partial charge on any atom is -0.508 e. The van der Waals surface area contributed by atoms with Crippen molar-refractivity contribution >= 4 is 44.8 Å². The fourth-order valence-electron chi connectivity index (χ4n) is 3.38. The van der Waals surface area contributed by atoms with Gasteiger partial charge in [0, 0.05) is 22.6 Å². The highest BCUT2D eigenvalue weighted by Crippen LogP contribution is 2.41. The van der Waals surface area contributed by atoms with Gasteiger partial charge in [0.1, 0.15) is 22.1 Å². The minimum atomic E-state index is -0.735. The molecule has 6 nitrogen and oxygen atoms in total. The summed E-state index contributed by atoms with van der Waals surface area (Å²) in [5.41, 5.74) is 0.688. The Morgan fingerprint density at radius 1 is 1.09 bits per heavy atom. The van der Waals surface area contributed by atoms with Gasteiger partial charge in [-0.05, 0) is 54.6 Å². The van der Waals surface area contributed by atoms with E-state index in [1.165, 1.54) is 35.4 Å². The van der Waals surface area contributed by atoms with Gasteiger partial charge in [0.05, 0.1) is 5.02 Å². The molecule has 5 rings (SSSR count). The third-order valence-corrected chi connectivity index (χ3v) is 6.58. The first-order chi connectivity index (χ1) is 15.5. The fourth-order valence-corrected chi connectivity index (χ4v) is 4.80. The molecule has 1 N–H and O–H groups in total. The summed E-state index contributed by atoms with van der Waals surface area (Å²) in [5, 5.41) is 16.5. The second-order valence-corrected chi connectivity index (χ2v) is 8.58. The third kappa shape index (κ3) is 3.77. The normalized spacial score (nSPS) is 15.5. The third-order valence-electron chi connectivity index (χ3n) is 4.92. The highest BCUT2D eigenvalue weighted by atomic mass is 35.5. The average molecular weight is 465 g/mol. The number of nitrogens with zero attached hydrogens (tertiary/aromatic N) is 2. The van der Waals surface area contributed by atoms with Gasteiger partial charge in [-0.25, -0.2) is 0 Å². The van der Waals surface area contributed by atoms with Gasteiger partial charge in [-0.1, -0.05) is 29.8 Å². The van der Waals surface area contributed by atoms with Gasteiger partial charge in [0.2, 0.25) is 12.1 Å². The van der Waals surface area contributed by atoms with Crippen molar-refractivity contribution < 1.29 is 19.4 Å². The molecule has 0 bridgehead atoms. The number of fused-ring (bicyclic) bond motifs is 1. The van der Waals surface area contributed by atoms with E-state index in [-0.39, 0.29) is 17.6 Å². The van der Waals surface area contributed by atoms with Crippen molar-refractivity contribution in [1.29, 1.82) is 0 Å². The Labute approximate surface area is 192 Å². The van der Waals surface area contributed by atoms with Crippen molar-refractivity contribution in [2.75, 3.05) is 0 Å². The predicted molar refractivity (Wildman–Crippen MR) is 124 cm³/mol. The van der Waals surface area contributed by atoms with Gasteiger partial charge in [-0.15, -0.1) is 16.4 Å². The molecule has 1 unspecified atom stereocenters. The van der Waals surface area contributed by atoms with Crippen LogP contribution < -0.4 is 4.74 Å². The van der Waals surface area contributed by atoms with Crippen LogP contribution in [0.15, 0.2) is 77.9 Å². The number of benzene rings is 3. The van der Waals surface area contributed by atoms with Crippen LogP contribution in [-0.4, -0.2) is 21.9 Å². The number of aromatic hydroxyl groups is 1. The van der Waals surface area contributed by atoms with Gasteiger partial charge in [0.25, 0.3) is 5.90 Å². The number of para-hydroxylation sites is 1. The van der Waals surface area contributed by atoms with E-state index in [1.54, 1.807) is 12.1 Å². The molecule has 0 saturated carbocycles. The van der Waals surface area contributed by atoms with Crippen LogP contribution in [0.4, 0.5) is 0 Å². The summed E-state index contributed by atoms with van der Waals surface area (Å²) in [7, 11) is 0. The predicted octanol–water partition coefficient (Wildman–Crippen LogP) is 6.29. The van der Waals surface area contributed by atoms with Crippen molar-refractivity contribution in [3.05, 3.63) is 88.3 Å². The summed E-state index contributed by atoms with van der Waals surface area (Å²) >= 11 is 8.14. The zero-order chi connectivity index (χ0) is 22.2. The number of rotatable bonds is 4. The van der Waals surface area contributed by atoms with E-state index in [0.717, 1.165) is 15.8 Å². The number of phenols is 1. The van der Waals surface area contributed by atoms with Crippen LogP contribution in [-0.2, 0) is 9.53 Å². The molecule has 1 amide bonds. The van der Waals surface area contributed by atoms with Crippen LogP contribution in [0.3, 0.4) is 0 Å². The number of halogens is 1. The highest BCUT2D eigenvalue weighted by Gasteiger charge is 2.35. The Kier molecular flexibility index (Phi) is 5.20. The Morgan fingerprint density at radius 3 is 2.56 bits per heavy atom. The number of phenolic OH excluding ortho intramolecular Hbond substituents is 1. The first kappa shape index (κ1) is 20.4. The zero-order valence-corrected chi connectivity index (χ0v) is 18.4. The molecule has 0 radical (unpaired) electrons. The second kappa shape index (κ2) is 8.18. The molecule has 32 heavy (non-hydrogen) atoms. The maximum Gasteiger partial charge on any atom is 0.252 e. The maximum absolute atomic E-state index is 12.2. The second-order valence-electron chi connectivity index (χ2n) is 7.15. The van der Waals surface area contributed by atoms with Gasteiger partial charge in [-0.3, -0.25) is 4.79 Å². The van der Waals surface area contributed by atoms with Crippen molar-refractivity contribution in [1.82, 2.24) is 5.01 Å². The maximum atomic E-state index is 12.2. The number of thiophene rings is 1. The van der Waals surface area contributed by atoms with E-state index in [0.29, 0.717) is 21.2 Å². The van der Waals surface area contributed by atoms with E-state index in [4.69, 9.17) is 21.1 Å². The number of hydrazone groups is 1. The smallest absolute Gasteiger partial charge is 0.252 e. The number of hydrogen-bond donors (Lipinski definition) is 1. The lowest BCUT2D eigenvalue weighted by Crippen LogP contribution is -2.25. The Balaban J connectivity index is 1.48. The van der Waals surface area contributed by atoms with Crippen LogP contribution in [0.25, 0.3) is 10.1 Å². The van der Waals surface area contributed by atoms with Crippen LogP contribution in [0.1, 0.15) is 23.6 Å². The largest absolute Gasteiger partial charge is 0.508 e. The van der Waals surface area contributed by atoms with Crippen LogP contribution in [0.2, 0.25) is 5.02 Å². The molecule has 3 aromatic carbocycles. The quantitative estimate of drug-likeness (QED) is 0.385. The molecular weight excluding hydrogens is 448 g/mol. The monoisotopic (exact) mass is 464 g/mol. The molecule has 1 aliphatic rings. The first-order valence-corrected chi connectivity index (χ1v) is 11.0. The number of carbonyl (C=O) groups is 1. The van der Waals surface area contributed by atoms with Crippen molar-refractivity contribution in [2.45, 2.75) is 13.2 Å². The summed E-state index contributed by atoms with van der Waals surface area (Å²) in [6, 6.07) is 21.6. The van der Waals surface area contributed by atoms with Gasteiger partial charge in [0.15, 0.2) is 0 Å². The number of hydrogen-bond acceptors (Lipinski definition) is 6. The SMILES string of the molecule is CC(=O)N1N=C(c2sc3ccc(Oc4ccccc4)cc3c2Cl)OC1c1ccc(O)cc1. The van der Waals surface area contributed by atoms with Crippen molar-refractivity contribution in [2.24, 2.45) is 5.10 Å². The Bertz CT molecular complexity index is 1340. The summed E-state index contributed by atoms with van der Waals surface area (Å²) in [4.78, 5) is 12.8. The van der Waals surface area contributed by atoms with Crippen LogP contribution in [0.5, 0.6) is 17.2 Å². The average Bonchev–Trinajstić information content (AvgIpc) is 3.37. The molecule has 1 atom stereocenters. The molecule has 2 heterocycles. The molecule has 8 heteroatoms. The minimum absolute atomic E-state index is 0.128. The Morgan fingerprint density at radius 2 is 1.84 bits per heavy atom. The number of ether oxygens (including phenoxy) is 2. The lowest BCUT2D eigenvalue weighted by molar-refractivity contribution is -0.135. The standard InChI is InChI=1S/C24H17ClN2O4S/c1-14(28)27-24(15-7-9-16(29)10-8-15)31-23(26-27)22-21(25)19-13-18(11-12-20(19)32-22)30-17-5-3-2-4-6-17/h2-13,24,29H,1H3. The molecule has 1 aliphatic heterocycles. The summed E-state index contributed by atoms with van der Waals surface area (Å²) in [5.74, 6) is 1.53. The first-order valence-electron chi connectivity index (χ1n) is 9.79. The highest BCUT2D eigenvalue weighted by molar-refractivity contribution is 7.21. The molecule has 0 spiro atoms. The van der Waals surface area contributed by atoms with Crippen molar-refractivity contribution in [3.63, 3.8) is 0 Å². The molecular formula is C24H17ClN2O4S. The fraction of sp³-hybridized carbons (Fsp3) is 0.0833. The molecule has 1 aromatic heterocycles. The van der Waals surface area contributed by atoms with E-state index >= 15 is 0 Å². The van der Waals surface area contributed by atoms with Crippen LogP contribution in [0, 0.1) is 0 Å². The zero-order valence-electron chi connectivity index (χ0n) is 16.9. The van der Waals surface area contributed by atoms with Crippen LogP contribution >= 0.6 is 22.9 Å². The summed E-state index contributed by atoms with van der Waals surface area (Å²) in [6.45, 7) is 1.42. The van der Waals surface area contributed by atoms with Gasteiger partial charge in [-0.2, -0.15) is 5.01 Å². The molecule has 4 aromatic rings. The molecule has 160 valence electrons. The molecule has 0 aliphatic carbocycles. The van der Waals surface area contributed by atoms with Gasteiger partial charge < -0.3 is 14.6 Å². The number of carbonyl (C=O) groups excluding carboxylic acids is 1. The lowest BCUT2D eigenvalue weighted by Gasteiger charge is -2.19. The van der Waals surface area contributed by atoms with Gasteiger partial charge >= 0.3 is 0 Å². The van der Waals surface area contributed by atoms with E-state index < -0.39 is 6.23 Å². The van der Waals surface area contributed by atoms with E-state index in [9.17, 15) is 9.90 Å². The topological polar surface area (TPSA) is 71.4 Å². The van der Waals surface area contributed by atoms with E-state index in [2.05, 4.69) is 5.10 Å². The van der Waals surface area contributed by atoms with E-state index in [1.807, 2.05) is 48.5 Å². The number of amides is 1. The molecule has 0 fully saturated rings. The molecule has 0 saturated heterocycles. The Hall–Kier alpha value is -3.55.